The minimum absolute atomic E-state index is 0.0121. The van der Waals surface area contributed by atoms with Crippen LogP contribution >= 0.6 is 0 Å². The Kier molecular flexibility index (Phi) is 6.05. The number of carbonyl (C=O) groups excluding carboxylic acids is 2. The van der Waals surface area contributed by atoms with Gasteiger partial charge in [-0.2, -0.15) is 0 Å². The Bertz CT molecular complexity index is 857. The van der Waals surface area contributed by atoms with Crippen molar-refractivity contribution in [1.82, 2.24) is 0 Å². The summed E-state index contributed by atoms with van der Waals surface area (Å²) in [5.41, 5.74) is -2.22. The molecule has 0 spiro atoms. The van der Waals surface area contributed by atoms with Crippen LogP contribution in [0.25, 0.3) is 0 Å². The van der Waals surface area contributed by atoms with E-state index in [2.05, 4.69) is 6.92 Å². The summed E-state index contributed by atoms with van der Waals surface area (Å²) >= 11 is 0. The number of hydrogen-bond acceptors (Lipinski definition) is 6. The number of allylic oxidation sites excluding steroid dienone is 1. The number of carbonyl (C=O) groups is 2. The second-order valence-corrected chi connectivity index (χ2v) is 12.7. The number of hydrogen-bond donors (Lipinski definition) is 4. The van der Waals surface area contributed by atoms with Crippen LogP contribution in [0.1, 0.15) is 86.0 Å². The number of rotatable bonds is 5. The summed E-state index contributed by atoms with van der Waals surface area (Å²) in [7, 11) is 0. The van der Waals surface area contributed by atoms with Crippen molar-refractivity contribution in [2.24, 2.45) is 34.5 Å². The molecular formula is C27H42O6. The first-order valence-corrected chi connectivity index (χ1v) is 12.7. The zero-order chi connectivity index (χ0) is 24.6. The van der Waals surface area contributed by atoms with Gasteiger partial charge in [0.25, 0.3) is 0 Å². The van der Waals surface area contributed by atoms with Crippen LogP contribution in [0.5, 0.6) is 0 Å². The van der Waals surface area contributed by atoms with Crippen molar-refractivity contribution < 1.29 is 30.0 Å². The molecule has 0 radical (unpaired) electrons. The average Bonchev–Trinajstić information content (AvgIpc) is 2.99. The first kappa shape index (κ1) is 25.0. The Morgan fingerprint density at radius 1 is 1.15 bits per heavy atom. The van der Waals surface area contributed by atoms with Crippen LogP contribution in [-0.4, -0.2) is 55.4 Å². The van der Waals surface area contributed by atoms with Gasteiger partial charge in [0, 0.05) is 23.7 Å². The quantitative estimate of drug-likeness (QED) is 0.499. The number of aliphatic hydroxyl groups excluding tert-OH is 2. The van der Waals surface area contributed by atoms with Crippen molar-refractivity contribution in [1.29, 1.82) is 0 Å². The minimum atomic E-state index is -1.14. The Hall–Kier alpha value is -1.08. The molecule has 0 amide bonds. The molecule has 0 saturated heterocycles. The van der Waals surface area contributed by atoms with Gasteiger partial charge in [-0.05, 0) is 87.7 Å². The summed E-state index contributed by atoms with van der Waals surface area (Å²) in [4.78, 5) is 26.2. The van der Waals surface area contributed by atoms with Crippen LogP contribution in [-0.2, 0) is 9.59 Å². The highest BCUT2D eigenvalue weighted by Gasteiger charge is 2.67. The van der Waals surface area contributed by atoms with Crippen molar-refractivity contribution in [3.05, 3.63) is 11.6 Å². The van der Waals surface area contributed by atoms with Crippen LogP contribution in [0.4, 0.5) is 0 Å². The molecule has 4 N–H and O–H groups in total. The molecule has 3 fully saturated rings. The maximum absolute atomic E-state index is 13.2. The Balaban J connectivity index is 1.63. The third-order valence-corrected chi connectivity index (χ3v) is 10.3. The van der Waals surface area contributed by atoms with E-state index >= 15 is 0 Å². The van der Waals surface area contributed by atoms with E-state index in [4.69, 9.17) is 0 Å². The Labute approximate surface area is 197 Å². The van der Waals surface area contributed by atoms with E-state index in [0.29, 0.717) is 25.7 Å². The van der Waals surface area contributed by atoms with Gasteiger partial charge in [0.1, 0.15) is 5.78 Å². The van der Waals surface area contributed by atoms with Crippen molar-refractivity contribution >= 4 is 11.6 Å². The molecule has 9 atom stereocenters. The smallest absolute Gasteiger partial charge is 0.159 e. The topological polar surface area (TPSA) is 115 Å². The SMILES string of the molecule is C[C@H](C(=O)CCC(C)(C)O)C1CC[C@@]2(O)C3=CC(=O)[C@@H]4C[C@@H](O)[C@@H](O)C[C@]4(C)C3CC[C@]12C. The fourth-order valence-electron chi connectivity index (χ4n) is 8.09. The molecule has 6 heteroatoms. The standard InChI is InChI=1S/C27H42O6/c1-15(20(28)8-9-24(2,3)32)16-7-11-27(33)18-12-21(29)19-13-22(30)23(31)14-25(19,4)17(18)6-10-26(16,27)5/h12,15-17,19,22-23,30-33H,6-11,13-14H2,1-5H3/t15-,16?,17?,19-,22+,23-,25+,26+,27+/m0/s1. The molecule has 0 bridgehead atoms. The van der Waals surface area contributed by atoms with Gasteiger partial charge in [-0.15, -0.1) is 0 Å². The molecule has 0 aromatic carbocycles. The van der Waals surface area contributed by atoms with Gasteiger partial charge in [0.15, 0.2) is 5.78 Å². The van der Waals surface area contributed by atoms with Crippen molar-refractivity contribution in [3.63, 3.8) is 0 Å². The van der Waals surface area contributed by atoms with Crippen LogP contribution in [0.15, 0.2) is 11.6 Å². The first-order chi connectivity index (χ1) is 15.1. The largest absolute Gasteiger partial charge is 0.390 e. The number of Topliss-reactive ketones (excluding diaryl/α,β-unsaturated/α-hetero) is 1. The fourth-order valence-corrected chi connectivity index (χ4v) is 8.09. The van der Waals surface area contributed by atoms with E-state index in [0.717, 1.165) is 24.8 Å². The zero-order valence-corrected chi connectivity index (χ0v) is 20.8. The molecule has 186 valence electrons. The van der Waals surface area contributed by atoms with Gasteiger partial charge >= 0.3 is 0 Å². The maximum Gasteiger partial charge on any atom is 0.159 e. The molecule has 4 rings (SSSR count). The average molecular weight is 463 g/mol. The van der Waals surface area contributed by atoms with Crippen LogP contribution in [0.3, 0.4) is 0 Å². The second-order valence-electron chi connectivity index (χ2n) is 12.7. The van der Waals surface area contributed by atoms with E-state index < -0.39 is 34.2 Å². The number of fused-ring (bicyclic) bond motifs is 5. The van der Waals surface area contributed by atoms with Crippen LogP contribution < -0.4 is 0 Å². The van der Waals surface area contributed by atoms with E-state index in [1.165, 1.54) is 0 Å². The van der Waals surface area contributed by atoms with Crippen molar-refractivity contribution in [2.75, 3.05) is 0 Å². The van der Waals surface area contributed by atoms with Gasteiger partial charge in [-0.1, -0.05) is 20.8 Å². The zero-order valence-electron chi connectivity index (χ0n) is 20.8. The highest BCUT2D eigenvalue weighted by Crippen LogP contribution is 2.68. The van der Waals surface area contributed by atoms with E-state index in [9.17, 15) is 30.0 Å². The summed E-state index contributed by atoms with van der Waals surface area (Å²) in [6.07, 6.45) is 4.08. The van der Waals surface area contributed by atoms with Crippen LogP contribution in [0, 0.1) is 34.5 Å². The van der Waals surface area contributed by atoms with Gasteiger partial charge in [-0.25, -0.2) is 0 Å². The summed E-state index contributed by atoms with van der Waals surface area (Å²) in [6, 6.07) is 0. The highest BCUT2D eigenvalue weighted by atomic mass is 16.3. The molecule has 0 aromatic heterocycles. The summed E-state index contributed by atoms with van der Waals surface area (Å²) in [6.45, 7) is 9.51. The molecule has 33 heavy (non-hydrogen) atoms. The fraction of sp³-hybridized carbons (Fsp3) is 0.852. The number of aliphatic hydroxyl groups is 4. The molecule has 4 aliphatic carbocycles. The maximum atomic E-state index is 13.2. The predicted octanol–water partition coefficient (Wildman–Crippen LogP) is 2.95. The molecule has 0 aliphatic heterocycles. The molecule has 0 aromatic rings. The Morgan fingerprint density at radius 2 is 1.82 bits per heavy atom. The van der Waals surface area contributed by atoms with Gasteiger partial charge in [0.2, 0.25) is 0 Å². The van der Waals surface area contributed by atoms with E-state index in [1.54, 1.807) is 19.9 Å². The molecule has 2 unspecified atom stereocenters. The van der Waals surface area contributed by atoms with E-state index in [-0.39, 0.29) is 41.7 Å². The van der Waals surface area contributed by atoms with Crippen molar-refractivity contribution in [3.8, 4) is 0 Å². The monoisotopic (exact) mass is 462 g/mol. The summed E-state index contributed by atoms with van der Waals surface area (Å²) in [5, 5.41) is 42.9. The third-order valence-electron chi connectivity index (χ3n) is 10.3. The molecular weight excluding hydrogens is 420 g/mol. The van der Waals surface area contributed by atoms with Gasteiger partial charge < -0.3 is 20.4 Å². The molecule has 0 heterocycles. The minimum Gasteiger partial charge on any atom is -0.390 e. The van der Waals surface area contributed by atoms with Crippen LogP contribution in [0.2, 0.25) is 0 Å². The van der Waals surface area contributed by atoms with E-state index in [1.807, 2.05) is 13.8 Å². The van der Waals surface area contributed by atoms with Gasteiger partial charge in [0.05, 0.1) is 23.4 Å². The molecule has 4 aliphatic rings. The lowest BCUT2D eigenvalue weighted by atomic mass is 9.46. The highest BCUT2D eigenvalue weighted by molar-refractivity contribution is 5.95. The summed E-state index contributed by atoms with van der Waals surface area (Å²) in [5.74, 6) is -0.488. The Morgan fingerprint density at radius 3 is 2.45 bits per heavy atom. The number of ketones is 2. The lowest BCUT2D eigenvalue weighted by molar-refractivity contribution is -0.154. The summed E-state index contributed by atoms with van der Waals surface area (Å²) < 4.78 is 0. The van der Waals surface area contributed by atoms with Crippen molar-refractivity contribution in [2.45, 2.75) is 109 Å². The second kappa shape index (κ2) is 7.97. The molecule has 3 saturated carbocycles. The third kappa shape index (κ3) is 3.76. The lowest BCUT2D eigenvalue weighted by Gasteiger charge is -2.60. The molecule has 6 nitrogen and oxygen atoms in total. The van der Waals surface area contributed by atoms with Gasteiger partial charge in [-0.3, -0.25) is 9.59 Å². The first-order valence-electron chi connectivity index (χ1n) is 12.7. The normalized spacial score (nSPS) is 46.2. The predicted molar refractivity (Wildman–Crippen MR) is 124 cm³/mol. The lowest BCUT2D eigenvalue weighted by Crippen LogP contribution is -2.61.